The lowest BCUT2D eigenvalue weighted by Gasteiger charge is -2.21. The molecule has 0 aliphatic heterocycles. The molecule has 0 spiro atoms. The van der Waals surface area contributed by atoms with Gasteiger partial charge in [0.05, 0.1) is 0 Å². The first-order valence-corrected chi connectivity index (χ1v) is 16.8. The van der Waals surface area contributed by atoms with Gasteiger partial charge in [-0.25, -0.2) is 0 Å². The summed E-state index contributed by atoms with van der Waals surface area (Å²) >= 11 is 0. The van der Waals surface area contributed by atoms with E-state index < -0.39 is 0 Å². The fraction of sp³-hybridized carbons (Fsp3) is 0.667. The van der Waals surface area contributed by atoms with E-state index in [1.54, 1.807) is 0 Å². The Morgan fingerprint density at radius 2 is 0.854 bits per heavy atom. The van der Waals surface area contributed by atoms with Gasteiger partial charge in [-0.1, -0.05) is 127 Å². The average Bonchev–Trinajstić information content (AvgIpc) is 2.94. The minimum Gasteiger partial charge on any atom is -0.457 e. The molecular formula is C36H62N4O. The first-order chi connectivity index (χ1) is 19.9. The smallest absolute Gasteiger partial charge is 0.130 e. The van der Waals surface area contributed by atoms with Gasteiger partial charge in [0.1, 0.15) is 11.5 Å². The second-order valence-corrected chi connectivity index (χ2v) is 12.4. The first kappa shape index (κ1) is 35.3. The molecule has 5 heteroatoms. The Hall–Kier alpha value is -1.92. The van der Waals surface area contributed by atoms with Gasteiger partial charge in [0.25, 0.3) is 0 Å². The van der Waals surface area contributed by atoms with Crippen LogP contribution in [0.3, 0.4) is 0 Å². The van der Waals surface area contributed by atoms with E-state index in [1.165, 1.54) is 77.0 Å². The number of hydrogen-bond acceptors (Lipinski definition) is 5. The summed E-state index contributed by atoms with van der Waals surface area (Å²) in [7, 11) is 0. The maximum absolute atomic E-state index is 6.58. The van der Waals surface area contributed by atoms with E-state index >= 15 is 0 Å². The van der Waals surface area contributed by atoms with Crippen molar-refractivity contribution in [3.8, 4) is 11.5 Å². The van der Waals surface area contributed by atoms with Gasteiger partial charge in [0, 0.05) is 24.2 Å². The molecule has 0 saturated carbocycles. The van der Waals surface area contributed by atoms with Crippen LogP contribution >= 0.6 is 0 Å². The van der Waals surface area contributed by atoms with Crippen molar-refractivity contribution in [1.29, 1.82) is 0 Å². The predicted octanol–water partition coefficient (Wildman–Crippen LogP) is 8.15. The van der Waals surface area contributed by atoms with E-state index in [0.717, 1.165) is 61.2 Å². The molecule has 2 rings (SSSR count). The van der Waals surface area contributed by atoms with Crippen molar-refractivity contribution in [3.63, 3.8) is 0 Å². The zero-order valence-electron chi connectivity index (χ0n) is 26.4. The summed E-state index contributed by atoms with van der Waals surface area (Å²) in [4.78, 5) is 0. The van der Waals surface area contributed by atoms with Crippen LogP contribution in [0.2, 0.25) is 0 Å². The maximum atomic E-state index is 6.58. The highest BCUT2D eigenvalue weighted by atomic mass is 16.5. The van der Waals surface area contributed by atoms with Gasteiger partial charge in [0.2, 0.25) is 0 Å². The van der Waals surface area contributed by atoms with Crippen LogP contribution in [0.1, 0.15) is 128 Å². The fourth-order valence-corrected chi connectivity index (χ4v) is 5.78. The monoisotopic (exact) mass is 566 g/mol. The van der Waals surface area contributed by atoms with E-state index in [9.17, 15) is 0 Å². The van der Waals surface area contributed by atoms with E-state index in [4.69, 9.17) is 27.7 Å². The molecule has 0 bridgehead atoms. The van der Waals surface area contributed by atoms with Crippen LogP contribution in [0.15, 0.2) is 48.5 Å². The SMILES string of the molecule is CCCCCCCCC(N)CC(N)Cc1ccccc1Oc1ccccc1CC(N)CC(N)CCCCCCCC. The summed E-state index contributed by atoms with van der Waals surface area (Å²) in [5, 5.41) is 0. The summed E-state index contributed by atoms with van der Waals surface area (Å²) in [6.45, 7) is 4.51. The lowest BCUT2D eigenvalue weighted by molar-refractivity contribution is 0.442. The number of unbranched alkanes of at least 4 members (excludes halogenated alkanes) is 10. The minimum absolute atomic E-state index is 0.00615. The number of ether oxygens (including phenoxy) is 1. The van der Waals surface area contributed by atoms with Gasteiger partial charge in [0.15, 0.2) is 0 Å². The number of para-hydroxylation sites is 2. The van der Waals surface area contributed by atoms with Crippen LogP contribution in [-0.2, 0) is 12.8 Å². The highest BCUT2D eigenvalue weighted by molar-refractivity contribution is 5.42. The van der Waals surface area contributed by atoms with E-state index in [2.05, 4.69) is 38.1 Å². The van der Waals surface area contributed by atoms with Crippen LogP contribution in [0, 0.1) is 0 Å². The Kier molecular flexibility index (Phi) is 18.7. The second-order valence-electron chi connectivity index (χ2n) is 12.4. The Balaban J connectivity index is 1.86. The molecule has 0 fully saturated rings. The summed E-state index contributed by atoms with van der Waals surface area (Å²) in [6, 6.07) is 16.8. The topological polar surface area (TPSA) is 113 Å². The van der Waals surface area contributed by atoms with Gasteiger partial charge < -0.3 is 27.7 Å². The Morgan fingerprint density at radius 1 is 0.488 bits per heavy atom. The van der Waals surface area contributed by atoms with Gasteiger partial charge >= 0.3 is 0 Å². The highest BCUT2D eigenvalue weighted by Gasteiger charge is 2.16. The molecule has 0 heterocycles. The van der Waals surface area contributed by atoms with Gasteiger partial charge in [-0.3, -0.25) is 0 Å². The number of benzene rings is 2. The molecule has 0 saturated heterocycles. The molecule has 2 aromatic rings. The maximum Gasteiger partial charge on any atom is 0.130 e. The average molecular weight is 567 g/mol. The van der Waals surface area contributed by atoms with Crippen LogP contribution in [0.25, 0.3) is 0 Å². The van der Waals surface area contributed by atoms with E-state index in [0.29, 0.717) is 0 Å². The molecule has 0 aromatic heterocycles. The summed E-state index contributed by atoms with van der Waals surface area (Å²) in [6.07, 6.45) is 20.7. The molecular weight excluding hydrogens is 504 g/mol. The summed E-state index contributed by atoms with van der Waals surface area (Å²) in [5.74, 6) is 1.71. The van der Waals surface area contributed by atoms with Crippen molar-refractivity contribution in [3.05, 3.63) is 59.7 Å². The Bertz CT molecular complexity index is 846. The van der Waals surface area contributed by atoms with Crippen molar-refractivity contribution >= 4 is 0 Å². The Labute approximate surface area is 252 Å². The van der Waals surface area contributed by atoms with Crippen LogP contribution in [0.5, 0.6) is 11.5 Å². The zero-order chi connectivity index (χ0) is 29.7. The van der Waals surface area contributed by atoms with Gasteiger partial charge in [-0.2, -0.15) is 0 Å². The quantitative estimate of drug-likeness (QED) is 0.0957. The molecule has 0 aliphatic carbocycles. The zero-order valence-corrected chi connectivity index (χ0v) is 26.4. The van der Waals surface area contributed by atoms with Crippen LogP contribution < -0.4 is 27.7 Å². The van der Waals surface area contributed by atoms with Crippen molar-refractivity contribution in [2.75, 3.05) is 0 Å². The van der Waals surface area contributed by atoms with Crippen molar-refractivity contribution in [1.82, 2.24) is 0 Å². The molecule has 232 valence electrons. The first-order valence-electron chi connectivity index (χ1n) is 16.8. The third kappa shape index (κ3) is 15.8. The molecule has 41 heavy (non-hydrogen) atoms. The fourth-order valence-electron chi connectivity index (χ4n) is 5.78. The van der Waals surface area contributed by atoms with E-state index in [-0.39, 0.29) is 24.2 Å². The van der Waals surface area contributed by atoms with Crippen molar-refractivity contribution in [2.24, 2.45) is 22.9 Å². The Morgan fingerprint density at radius 3 is 1.27 bits per heavy atom. The number of rotatable bonds is 24. The van der Waals surface area contributed by atoms with Crippen LogP contribution in [-0.4, -0.2) is 24.2 Å². The molecule has 0 amide bonds. The standard InChI is InChI=1S/C36H62N4O/c1-3-5-7-9-11-13-21-31(37)27-33(39)25-29-19-15-17-23-35(29)41-36-24-18-16-20-30(36)26-34(40)28-32(38)22-14-12-10-8-6-4-2/h15-20,23-24,31-34H,3-14,21-22,25-28,37-40H2,1-2H3. The molecule has 4 unspecified atom stereocenters. The minimum atomic E-state index is 0.00615. The highest BCUT2D eigenvalue weighted by Crippen LogP contribution is 2.30. The third-order valence-corrected chi connectivity index (χ3v) is 8.20. The van der Waals surface area contributed by atoms with Crippen LogP contribution in [0.4, 0.5) is 0 Å². The second kappa shape index (κ2) is 21.7. The number of hydrogen-bond donors (Lipinski definition) is 4. The van der Waals surface area contributed by atoms with Gasteiger partial charge in [-0.05, 0) is 61.8 Å². The summed E-state index contributed by atoms with van der Waals surface area (Å²) < 4.78 is 6.50. The van der Waals surface area contributed by atoms with E-state index in [1.807, 2.05) is 24.3 Å². The van der Waals surface area contributed by atoms with Gasteiger partial charge in [-0.15, -0.1) is 0 Å². The lowest BCUT2D eigenvalue weighted by Crippen LogP contribution is -2.33. The molecule has 0 aliphatic rings. The van der Waals surface area contributed by atoms with Crippen molar-refractivity contribution < 1.29 is 4.74 Å². The molecule has 5 nitrogen and oxygen atoms in total. The van der Waals surface area contributed by atoms with Crippen molar-refractivity contribution in [2.45, 2.75) is 154 Å². The third-order valence-electron chi connectivity index (χ3n) is 8.20. The molecule has 8 N–H and O–H groups in total. The predicted molar refractivity (Wildman–Crippen MR) is 177 cm³/mol. The molecule has 0 radical (unpaired) electrons. The molecule has 4 atom stereocenters. The largest absolute Gasteiger partial charge is 0.457 e. The normalized spacial score (nSPS) is 14.5. The lowest BCUT2D eigenvalue weighted by atomic mass is 9.96. The number of nitrogens with two attached hydrogens (primary N) is 4. The summed E-state index contributed by atoms with van der Waals surface area (Å²) in [5.41, 5.74) is 28.3. The molecule has 2 aromatic carbocycles.